The third-order valence-corrected chi connectivity index (χ3v) is 5.81. The molecule has 17 heavy (non-hydrogen) atoms. The second-order valence-corrected chi connectivity index (χ2v) is 7.91. The number of carbonyl (C=O) groups excluding carboxylic acids is 1. The third-order valence-electron chi connectivity index (χ3n) is 3.90. The van der Waals surface area contributed by atoms with Crippen LogP contribution in [-0.4, -0.2) is 31.4 Å². The normalized spacial score (nSPS) is 33.5. The standard InChI is InChI=1S/C12H21NO3S/c1-12(7-8-17(15,16)9-12)13-11(14)10-5-3-2-4-6-10/h10H,2-9H2,1H3,(H,13,14)/t12-/m0/s1. The van der Waals surface area contributed by atoms with Crippen molar-refractivity contribution in [3.63, 3.8) is 0 Å². The maximum Gasteiger partial charge on any atom is 0.223 e. The molecule has 1 aliphatic heterocycles. The highest BCUT2D eigenvalue weighted by Crippen LogP contribution is 2.27. The first-order valence-corrected chi connectivity index (χ1v) is 8.25. The summed E-state index contributed by atoms with van der Waals surface area (Å²) in [5.41, 5.74) is -0.534. The van der Waals surface area contributed by atoms with Crippen molar-refractivity contribution in [1.82, 2.24) is 5.32 Å². The summed E-state index contributed by atoms with van der Waals surface area (Å²) in [5, 5.41) is 2.96. The van der Waals surface area contributed by atoms with Gasteiger partial charge < -0.3 is 5.32 Å². The number of sulfone groups is 1. The first-order valence-electron chi connectivity index (χ1n) is 6.43. The molecule has 0 aromatic heterocycles. The minimum atomic E-state index is -2.94. The Kier molecular flexibility index (Phi) is 3.48. The molecule has 98 valence electrons. The van der Waals surface area contributed by atoms with Crippen molar-refractivity contribution in [3.05, 3.63) is 0 Å². The molecule has 1 saturated heterocycles. The van der Waals surface area contributed by atoms with E-state index in [9.17, 15) is 13.2 Å². The molecule has 1 saturated carbocycles. The van der Waals surface area contributed by atoms with E-state index in [0.717, 1.165) is 25.7 Å². The molecule has 0 radical (unpaired) electrons. The molecule has 1 heterocycles. The van der Waals surface area contributed by atoms with Gasteiger partial charge in [0.1, 0.15) is 0 Å². The molecular formula is C12H21NO3S. The van der Waals surface area contributed by atoms with Crippen LogP contribution in [0.5, 0.6) is 0 Å². The van der Waals surface area contributed by atoms with Crippen LogP contribution in [0.15, 0.2) is 0 Å². The van der Waals surface area contributed by atoms with Crippen LogP contribution in [0, 0.1) is 5.92 Å². The Labute approximate surface area is 103 Å². The van der Waals surface area contributed by atoms with Gasteiger partial charge in [-0.2, -0.15) is 0 Å². The zero-order chi connectivity index (χ0) is 12.5. The first-order chi connectivity index (χ1) is 7.90. The van der Waals surface area contributed by atoms with Gasteiger partial charge in [0.05, 0.1) is 17.0 Å². The van der Waals surface area contributed by atoms with E-state index in [-0.39, 0.29) is 23.3 Å². The Morgan fingerprint density at radius 2 is 1.88 bits per heavy atom. The van der Waals surface area contributed by atoms with E-state index < -0.39 is 15.4 Å². The van der Waals surface area contributed by atoms with Crippen molar-refractivity contribution in [3.8, 4) is 0 Å². The Morgan fingerprint density at radius 1 is 1.24 bits per heavy atom. The molecule has 2 fully saturated rings. The molecule has 2 rings (SSSR count). The van der Waals surface area contributed by atoms with Gasteiger partial charge in [-0.15, -0.1) is 0 Å². The summed E-state index contributed by atoms with van der Waals surface area (Å²) in [6, 6.07) is 0. The van der Waals surface area contributed by atoms with Crippen LogP contribution < -0.4 is 5.32 Å². The van der Waals surface area contributed by atoms with Crippen LogP contribution in [-0.2, 0) is 14.6 Å². The molecular weight excluding hydrogens is 238 g/mol. The highest BCUT2D eigenvalue weighted by molar-refractivity contribution is 7.91. The van der Waals surface area contributed by atoms with Crippen LogP contribution in [0.4, 0.5) is 0 Å². The van der Waals surface area contributed by atoms with Gasteiger partial charge >= 0.3 is 0 Å². The van der Waals surface area contributed by atoms with Gasteiger partial charge in [0, 0.05) is 5.92 Å². The lowest BCUT2D eigenvalue weighted by Gasteiger charge is -2.28. The topological polar surface area (TPSA) is 63.2 Å². The monoisotopic (exact) mass is 259 g/mol. The molecule has 1 aliphatic carbocycles. The number of nitrogens with one attached hydrogen (secondary N) is 1. The van der Waals surface area contributed by atoms with Crippen molar-refractivity contribution < 1.29 is 13.2 Å². The molecule has 0 aromatic carbocycles. The van der Waals surface area contributed by atoms with Gasteiger partial charge in [-0.3, -0.25) is 4.79 Å². The lowest BCUT2D eigenvalue weighted by atomic mass is 9.87. The van der Waals surface area contributed by atoms with Crippen molar-refractivity contribution >= 4 is 15.7 Å². The van der Waals surface area contributed by atoms with Crippen LogP contribution >= 0.6 is 0 Å². The van der Waals surface area contributed by atoms with Crippen molar-refractivity contribution in [2.75, 3.05) is 11.5 Å². The molecule has 0 bridgehead atoms. The van der Waals surface area contributed by atoms with E-state index in [0.29, 0.717) is 6.42 Å². The largest absolute Gasteiger partial charge is 0.350 e. The lowest BCUT2D eigenvalue weighted by Crippen LogP contribution is -2.49. The predicted octanol–water partition coefficient (Wildman–Crippen LogP) is 1.26. The maximum absolute atomic E-state index is 12.1. The Hall–Kier alpha value is -0.580. The smallest absolute Gasteiger partial charge is 0.223 e. The predicted molar refractivity (Wildman–Crippen MR) is 66.4 cm³/mol. The number of hydrogen-bond acceptors (Lipinski definition) is 3. The summed E-state index contributed by atoms with van der Waals surface area (Å²) >= 11 is 0. The highest BCUT2D eigenvalue weighted by atomic mass is 32.2. The van der Waals surface area contributed by atoms with E-state index in [1.807, 2.05) is 6.92 Å². The average Bonchev–Trinajstić information content (AvgIpc) is 2.54. The molecule has 1 amide bonds. The first kappa shape index (κ1) is 12.9. The Morgan fingerprint density at radius 3 is 2.41 bits per heavy atom. The van der Waals surface area contributed by atoms with Gasteiger partial charge in [0.25, 0.3) is 0 Å². The molecule has 1 atom stereocenters. The molecule has 4 nitrogen and oxygen atoms in total. The van der Waals surface area contributed by atoms with Crippen molar-refractivity contribution in [2.24, 2.45) is 5.92 Å². The molecule has 5 heteroatoms. The zero-order valence-corrected chi connectivity index (χ0v) is 11.2. The minimum Gasteiger partial charge on any atom is -0.350 e. The van der Waals surface area contributed by atoms with Crippen LogP contribution in [0.25, 0.3) is 0 Å². The number of hydrogen-bond donors (Lipinski definition) is 1. The van der Waals surface area contributed by atoms with E-state index in [1.54, 1.807) is 0 Å². The summed E-state index contributed by atoms with van der Waals surface area (Å²) < 4.78 is 22.9. The fourth-order valence-corrected chi connectivity index (χ4v) is 4.97. The van der Waals surface area contributed by atoms with E-state index >= 15 is 0 Å². The third kappa shape index (κ3) is 3.21. The van der Waals surface area contributed by atoms with Crippen molar-refractivity contribution in [1.29, 1.82) is 0 Å². The lowest BCUT2D eigenvalue weighted by molar-refractivity contribution is -0.127. The van der Waals surface area contributed by atoms with E-state index in [2.05, 4.69) is 5.32 Å². The maximum atomic E-state index is 12.1. The second kappa shape index (κ2) is 4.59. The minimum absolute atomic E-state index is 0.0595. The number of carbonyl (C=O) groups is 1. The summed E-state index contributed by atoms with van der Waals surface area (Å²) in [4.78, 5) is 12.1. The van der Waals surface area contributed by atoms with E-state index in [4.69, 9.17) is 0 Å². The number of amides is 1. The second-order valence-electron chi connectivity index (χ2n) is 5.73. The van der Waals surface area contributed by atoms with Gasteiger partial charge in [-0.05, 0) is 26.2 Å². The highest BCUT2D eigenvalue weighted by Gasteiger charge is 2.40. The SMILES string of the molecule is C[C@]1(NC(=O)C2CCCCC2)CCS(=O)(=O)C1. The Balaban J connectivity index is 1.94. The fraction of sp³-hybridized carbons (Fsp3) is 0.917. The summed E-state index contributed by atoms with van der Waals surface area (Å²) in [6.45, 7) is 1.85. The van der Waals surface area contributed by atoms with Crippen LogP contribution in [0.2, 0.25) is 0 Å². The van der Waals surface area contributed by atoms with Crippen LogP contribution in [0.1, 0.15) is 45.4 Å². The van der Waals surface area contributed by atoms with Gasteiger partial charge in [0.2, 0.25) is 5.91 Å². The molecule has 1 N–H and O–H groups in total. The summed E-state index contributed by atoms with van der Waals surface area (Å²) in [6.07, 6.45) is 5.91. The van der Waals surface area contributed by atoms with E-state index in [1.165, 1.54) is 6.42 Å². The van der Waals surface area contributed by atoms with Crippen molar-refractivity contribution in [2.45, 2.75) is 51.0 Å². The average molecular weight is 259 g/mol. The molecule has 0 aromatic rings. The van der Waals surface area contributed by atoms with Gasteiger partial charge in [-0.25, -0.2) is 8.42 Å². The molecule has 2 aliphatic rings. The molecule has 0 unspecified atom stereocenters. The summed E-state index contributed by atoms with van der Waals surface area (Å²) in [5.74, 6) is 0.459. The van der Waals surface area contributed by atoms with Crippen LogP contribution in [0.3, 0.4) is 0 Å². The zero-order valence-electron chi connectivity index (χ0n) is 10.4. The van der Waals surface area contributed by atoms with Gasteiger partial charge in [0.15, 0.2) is 9.84 Å². The number of rotatable bonds is 2. The Bertz CT molecular complexity index is 398. The fourth-order valence-electron chi connectivity index (χ4n) is 2.87. The molecule has 0 spiro atoms. The summed E-state index contributed by atoms with van der Waals surface area (Å²) in [7, 11) is -2.94. The van der Waals surface area contributed by atoms with Gasteiger partial charge in [-0.1, -0.05) is 19.3 Å². The quantitative estimate of drug-likeness (QED) is 0.812.